The molecule has 0 heterocycles. The lowest BCUT2D eigenvalue weighted by Crippen LogP contribution is -2.46. The zero-order valence-corrected chi connectivity index (χ0v) is 14.8. The van der Waals surface area contributed by atoms with Gasteiger partial charge in [-0.2, -0.15) is 0 Å². The second-order valence-electron chi connectivity index (χ2n) is 6.80. The average molecular weight is 326 g/mol. The van der Waals surface area contributed by atoms with Crippen molar-refractivity contribution in [3.63, 3.8) is 0 Å². The van der Waals surface area contributed by atoms with Crippen molar-refractivity contribution in [1.82, 2.24) is 4.90 Å². The van der Waals surface area contributed by atoms with Gasteiger partial charge in [0.25, 0.3) is 0 Å². The average Bonchev–Trinajstić information content (AvgIpc) is 2.54. The van der Waals surface area contributed by atoms with E-state index in [1.54, 1.807) is 13.8 Å². The maximum Gasteiger partial charge on any atom is 0.241 e. The van der Waals surface area contributed by atoms with Crippen LogP contribution in [0, 0.1) is 0 Å². The van der Waals surface area contributed by atoms with Crippen molar-refractivity contribution in [2.45, 2.75) is 32.4 Å². The van der Waals surface area contributed by atoms with Crippen molar-refractivity contribution in [2.75, 3.05) is 18.9 Å². The molecule has 1 amide bonds. The Labute approximate surface area is 144 Å². The number of benzene rings is 2. The Morgan fingerprint density at radius 2 is 1.71 bits per heavy atom. The second kappa shape index (κ2) is 7.60. The third-order valence-electron chi connectivity index (χ3n) is 3.95. The number of para-hydroxylation sites is 1. The highest BCUT2D eigenvalue weighted by Crippen LogP contribution is 2.27. The molecule has 0 spiro atoms. The molecular formula is C20H26N2O2. The highest BCUT2D eigenvalue weighted by Gasteiger charge is 2.24. The molecule has 4 heteroatoms. The van der Waals surface area contributed by atoms with Gasteiger partial charge in [-0.15, -0.1) is 0 Å². The summed E-state index contributed by atoms with van der Waals surface area (Å²) in [5.41, 5.74) is 2.00. The van der Waals surface area contributed by atoms with Crippen LogP contribution in [0.5, 0.6) is 0 Å². The Hall–Kier alpha value is -2.17. The maximum absolute atomic E-state index is 12.6. The Balaban J connectivity index is 2.15. The molecule has 2 rings (SSSR count). The summed E-state index contributed by atoms with van der Waals surface area (Å²) < 4.78 is 0. The first-order valence-corrected chi connectivity index (χ1v) is 8.16. The predicted octanol–water partition coefficient (Wildman–Crippen LogP) is 3.38. The summed E-state index contributed by atoms with van der Waals surface area (Å²) >= 11 is 0. The summed E-state index contributed by atoms with van der Waals surface area (Å²) in [4.78, 5) is 14.4. The minimum atomic E-state index is -0.842. The van der Waals surface area contributed by atoms with E-state index in [2.05, 4.69) is 5.32 Å². The molecule has 0 saturated carbocycles. The fourth-order valence-electron chi connectivity index (χ4n) is 2.65. The highest BCUT2D eigenvalue weighted by molar-refractivity contribution is 5.98. The first-order valence-electron chi connectivity index (χ1n) is 8.16. The third kappa shape index (κ3) is 4.91. The first kappa shape index (κ1) is 18.2. The number of nitrogens with zero attached hydrogens (tertiary/aromatic N) is 1. The van der Waals surface area contributed by atoms with E-state index in [9.17, 15) is 9.90 Å². The molecule has 0 fully saturated rings. The van der Waals surface area contributed by atoms with Crippen LogP contribution in [0.4, 0.5) is 5.69 Å². The van der Waals surface area contributed by atoms with Crippen molar-refractivity contribution < 1.29 is 9.90 Å². The van der Waals surface area contributed by atoms with Crippen molar-refractivity contribution in [1.29, 1.82) is 0 Å². The van der Waals surface area contributed by atoms with Crippen LogP contribution >= 0.6 is 0 Å². The molecule has 0 aliphatic heterocycles. The highest BCUT2D eigenvalue weighted by atomic mass is 16.3. The number of carbonyl (C=O) groups is 1. The monoisotopic (exact) mass is 326 g/mol. The summed E-state index contributed by atoms with van der Waals surface area (Å²) in [6.07, 6.45) is 0. The van der Waals surface area contributed by atoms with Crippen LogP contribution in [-0.4, -0.2) is 41.1 Å². The number of carbonyl (C=O) groups excluding carboxylic acids is 1. The Morgan fingerprint density at radius 1 is 1.12 bits per heavy atom. The number of likely N-dealkylation sites (N-methyl/N-ethyl adjacent to an activating group) is 1. The molecule has 2 aromatic rings. The molecule has 0 bridgehead atoms. The fraction of sp³-hybridized carbons (Fsp3) is 0.350. The SMILES string of the molecule is CC(C(=O)Nc1ccccc1-c1ccccc1)N(C)CC(C)(C)O. The van der Waals surface area contributed by atoms with Crippen LogP contribution < -0.4 is 5.32 Å². The Morgan fingerprint density at radius 3 is 2.33 bits per heavy atom. The molecule has 0 aromatic heterocycles. The lowest BCUT2D eigenvalue weighted by atomic mass is 10.0. The Kier molecular flexibility index (Phi) is 5.75. The zero-order valence-electron chi connectivity index (χ0n) is 14.8. The van der Waals surface area contributed by atoms with Crippen molar-refractivity contribution in [3.8, 4) is 11.1 Å². The molecule has 1 atom stereocenters. The van der Waals surface area contributed by atoms with Gasteiger partial charge < -0.3 is 10.4 Å². The number of amides is 1. The molecule has 0 radical (unpaired) electrons. The number of aliphatic hydroxyl groups is 1. The number of hydrogen-bond acceptors (Lipinski definition) is 3. The van der Waals surface area contributed by atoms with Crippen molar-refractivity contribution in [3.05, 3.63) is 54.6 Å². The van der Waals surface area contributed by atoms with Crippen molar-refractivity contribution >= 4 is 11.6 Å². The van der Waals surface area contributed by atoms with E-state index < -0.39 is 5.60 Å². The lowest BCUT2D eigenvalue weighted by molar-refractivity contribution is -0.121. The van der Waals surface area contributed by atoms with Gasteiger partial charge in [0.15, 0.2) is 0 Å². The fourth-order valence-corrected chi connectivity index (χ4v) is 2.65. The number of anilines is 1. The molecule has 1 unspecified atom stereocenters. The van der Waals surface area contributed by atoms with Gasteiger partial charge in [-0.05, 0) is 39.4 Å². The second-order valence-corrected chi connectivity index (χ2v) is 6.80. The third-order valence-corrected chi connectivity index (χ3v) is 3.95. The van der Waals surface area contributed by atoms with Crippen LogP contribution in [0.25, 0.3) is 11.1 Å². The summed E-state index contributed by atoms with van der Waals surface area (Å²) in [7, 11) is 1.84. The first-order chi connectivity index (χ1) is 11.3. The van der Waals surface area contributed by atoms with E-state index in [4.69, 9.17) is 0 Å². The van der Waals surface area contributed by atoms with Crippen LogP contribution in [0.3, 0.4) is 0 Å². The number of nitrogens with one attached hydrogen (secondary N) is 1. The molecule has 2 aromatic carbocycles. The lowest BCUT2D eigenvalue weighted by Gasteiger charge is -2.29. The normalized spacial score (nSPS) is 12.9. The van der Waals surface area contributed by atoms with Crippen molar-refractivity contribution in [2.24, 2.45) is 0 Å². The predicted molar refractivity (Wildman–Crippen MR) is 98.9 cm³/mol. The number of rotatable bonds is 6. The van der Waals surface area contributed by atoms with Crippen LogP contribution in [0.2, 0.25) is 0 Å². The van der Waals surface area contributed by atoms with Gasteiger partial charge in [0.2, 0.25) is 5.91 Å². The van der Waals surface area contributed by atoms with Gasteiger partial charge in [-0.1, -0.05) is 48.5 Å². The zero-order chi connectivity index (χ0) is 17.7. The van der Waals surface area contributed by atoms with Gasteiger partial charge in [0.05, 0.1) is 11.6 Å². The van der Waals surface area contributed by atoms with Crippen LogP contribution in [0.15, 0.2) is 54.6 Å². The molecule has 4 nitrogen and oxygen atoms in total. The quantitative estimate of drug-likeness (QED) is 0.855. The van der Waals surface area contributed by atoms with E-state index in [-0.39, 0.29) is 11.9 Å². The summed E-state index contributed by atoms with van der Waals surface area (Å²) in [5.74, 6) is -0.0925. The molecule has 2 N–H and O–H groups in total. The van der Waals surface area contributed by atoms with Gasteiger partial charge in [0.1, 0.15) is 0 Å². The number of hydrogen-bond donors (Lipinski definition) is 2. The van der Waals surface area contributed by atoms with E-state index in [0.717, 1.165) is 16.8 Å². The molecule has 0 saturated heterocycles. The van der Waals surface area contributed by atoms with E-state index >= 15 is 0 Å². The molecule has 128 valence electrons. The molecular weight excluding hydrogens is 300 g/mol. The summed E-state index contributed by atoms with van der Waals surface area (Å²) in [6.45, 7) is 5.73. The minimum absolute atomic E-state index is 0.0925. The minimum Gasteiger partial charge on any atom is -0.389 e. The van der Waals surface area contributed by atoms with E-state index in [0.29, 0.717) is 6.54 Å². The van der Waals surface area contributed by atoms with E-state index in [1.807, 2.05) is 73.5 Å². The standard InChI is InChI=1S/C20H26N2O2/c1-15(22(4)14-20(2,3)24)19(23)21-18-13-9-8-12-17(18)16-10-6-5-7-11-16/h5-13,15,24H,14H2,1-4H3,(H,21,23). The summed E-state index contributed by atoms with van der Waals surface area (Å²) in [6, 6.07) is 17.4. The maximum atomic E-state index is 12.6. The summed E-state index contributed by atoms with van der Waals surface area (Å²) in [5, 5.41) is 12.9. The topological polar surface area (TPSA) is 52.6 Å². The molecule has 0 aliphatic carbocycles. The van der Waals surface area contributed by atoms with Gasteiger partial charge in [-0.25, -0.2) is 0 Å². The van der Waals surface area contributed by atoms with Gasteiger partial charge in [0, 0.05) is 17.8 Å². The van der Waals surface area contributed by atoms with Gasteiger partial charge >= 0.3 is 0 Å². The molecule has 24 heavy (non-hydrogen) atoms. The largest absolute Gasteiger partial charge is 0.389 e. The van der Waals surface area contributed by atoms with Crippen LogP contribution in [-0.2, 0) is 4.79 Å². The molecule has 0 aliphatic rings. The Bertz CT molecular complexity index is 678. The van der Waals surface area contributed by atoms with E-state index in [1.165, 1.54) is 0 Å². The van der Waals surface area contributed by atoms with Gasteiger partial charge in [-0.3, -0.25) is 9.69 Å². The van der Waals surface area contributed by atoms with Crippen LogP contribution in [0.1, 0.15) is 20.8 Å². The smallest absolute Gasteiger partial charge is 0.241 e.